The number of hydrogen-bond donors (Lipinski definition) is 0. The third-order valence-corrected chi connectivity index (χ3v) is 3.94. The van der Waals surface area contributed by atoms with Crippen LogP contribution in [-0.2, 0) is 0 Å². The molecule has 0 radical (unpaired) electrons. The summed E-state index contributed by atoms with van der Waals surface area (Å²) in [7, 11) is 0. The fraction of sp³-hybridized carbons (Fsp3) is 0. The van der Waals surface area contributed by atoms with E-state index in [1.165, 1.54) is 6.07 Å². The molecule has 0 heterocycles. The molecule has 0 aromatic heterocycles. The predicted octanol–water partition coefficient (Wildman–Crippen LogP) is 5.53. The van der Waals surface area contributed by atoms with Crippen molar-refractivity contribution in [1.29, 1.82) is 0 Å². The van der Waals surface area contributed by atoms with Crippen LogP contribution in [0.3, 0.4) is 0 Å². The Bertz CT molecular complexity index is 893. The van der Waals surface area contributed by atoms with Gasteiger partial charge >= 0.3 is 0 Å². The summed E-state index contributed by atoms with van der Waals surface area (Å²) in [6, 6.07) is 19.8. The molecule has 0 saturated heterocycles. The van der Waals surface area contributed by atoms with Crippen molar-refractivity contribution in [2.45, 2.75) is 0 Å². The number of benzene rings is 3. The Morgan fingerprint density at radius 3 is 2.14 bits per heavy atom. The summed E-state index contributed by atoms with van der Waals surface area (Å²) in [6.07, 6.45) is 1.95. The van der Waals surface area contributed by atoms with Crippen molar-refractivity contribution >= 4 is 11.6 Å². The summed E-state index contributed by atoms with van der Waals surface area (Å²) in [4.78, 5) is 0. The van der Waals surface area contributed by atoms with Gasteiger partial charge in [0.1, 0.15) is 11.6 Å². The van der Waals surface area contributed by atoms with E-state index in [9.17, 15) is 8.78 Å². The van der Waals surface area contributed by atoms with Gasteiger partial charge in [0.25, 0.3) is 0 Å². The molecule has 3 aromatic carbocycles. The van der Waals surface area contributed by atoms with E-state index in [0.717, 1.165) is 28.3 Å². The molecule has 0 saturated carbocycles. The van der Waals surface area contributed by atoms with E-state index in [2.05, 4.69) is 0 Å². The van der Waals surface area contributed by atoms with Crippen molar-refractivity contribution in [2.75, 3.05) is 0 Å². The van der Waals surface area contributed by atoms with Gasteiger partial charge in [-0.3, -0.25) is 0 Å². The molecule has 0 aliphatic heterocycles. The molecule has 22 heavy (non-hydrogen) atoms. The zero-order valence-corrected chi connectivity index (χ0v) is 11.7. The van der Waals surface area contributed by atoms with Gasteiger partial charge in [-0.15, -0.1) is 0 Å². The maximum Gasteiger partial charge on any atom is 0.134 e. The van der Waals surface area contributed by atoms with Crippen LogP contribution in [0.2, 0.25) is 0 Å². The minimum atomic E-state index is -0.549. The number of fused-ring (bicyclic) bond motifs is 3. The molecule has 106 valence electrons. The molecule has 1 aliphatic carbocycles. The fourth-order valence-corrected chi connectivity index (χ4v) is 3.01. The molecule has 0 N–H and O–H groups in total. The van der Waals surface area contributed by atoms with Crippen LogP contribution in [0.25, 0.3) is 22.8 Å². The van der Waals surface area contributed by atoms with Crippen molar-refractivity contribution in [3.63, 3.8) is 0 Å². The quantitative estimate of drug-likeness (QED) is 0.432. The second-order valence-electron chi connectivity index (χ2n) is 5.32. The lowest BCUT2D eigenvalue weighted by molar-refractivity contribution is 0.582. The van der Waals surface area contributed by atoms with Crippen LogP contribution in [-0.4, -0.2) is 0 Å². The number of hydrogen-bond acceptors (Lipinski definition) is 0. The molecule has 0 nitrogen and oxygen atoms in total. The molecule has 0 atom stereocenters. The summed E-state index contributed by atoms with van der Waals surface area (Å²) in [5.74, 6) is -1.07. The molecular weight excluding hydrogens is 278 g/mol. The van der Waals surface area contributed by atoms with Gasteiger partial charge in [0, 0.05) is 11.6 Å². The lowest BCUT2D eigenvalue weighted by atomic mass is 10.0. The van der Waals surface area contributed by atoms with Crippen LogP contribution in [0.4, 0.5) is 8.78 Å². The van der Waals surface area contributed by atoms with Gasteiger partial charge in [-0.1, -0.05) is 54.6 Å². The highest BCUT2D eigenvalue weighted by atomic mass is 19.1. The predicted molar refractivity (Wildman–Crippen MR) is 85.2 cm³/mol. The summed E-state index contributed by atoms with van der Waals surface area (Å²) in [5.41, 5.74) is 4.70. The molecule has 1 aliphatic rings. The SMILES string of the molecule is Fc1cc(F)c2c(c1)-c1ccccc1/C2=C/c1ccccc1. The topological polar surface area (TPSA) is 0 Å². The van der Waals surface area contributed by atoms with Gasteiger partial charge in [-0.05, 0) is 40.0 Å². The summed E-state index contributed by atoms with van der Waals surface area (Å²) in [6.45, 7) is 0. The Hall–Kier alpha value is -2.74. The largest absolute Gasteiger partial charge is 0.207 e. The summed E-state index contributed by atoms with van der Waals surface area (Å²) >= 11 is 0. The first-order valence-corrected chi connectivity index (χ1v) is 7.10. The van der Waals surface area contributed by atoms with Gasteiger partial charge in [0.15, 0.2) is 0 Å². The Balaban J connectivity index is 2.03. The van der Waals surface area contributed by atoms with E-state index in [4.69, 9.17) is 0 Å². The average molecular weight is 290 g/mol. The van der Waals surface area contributed by atoms with Gasteiger partial charge in [0.05, 0.1) is 0 Å². The van der Waals surface area contributed by atoms with Crippen molar-refractivity contribution in [2.24, 2.45) is 0 Å². The van der Waals surface area contributed by atoms with Crippen molar-refractivity contribution in [3.8, 4) is 11.1 Å². The third-order valence-electron chi connectivity index (χ3n) is 3.94. The molecule has 0 spiro atoms. The lowest BCUT2D eigenvalue weighted by Gasteiger charge is -2.05. The Labute approximate surface area is 127 Å². The minimum absolute atomic E-state index is 0.478. The van der Waals surface area contributed by atoms with E-state index in [-0.39, 0.29) is 0 Å². The van der Waals surface area contributed by atoms with Gasteiger partial charge in [-0.25, -0.2) is 8.78 Å². The normalized spacial score (nSPS) is 14.0. The molecule has 0 unspecified atom stereocenters. The average Bonchev–Trinajstić information content (AvgIpc) is 2.83. The van der Waals surface area contributed by atoms with Crippen LogP contribution >= 0.6 is 0 Å². The third kappa shape index (κ3) is 1.96. The van der Waals surface area contributed by atoms with Crippen LogP contribution in [0.5, 0.6) is 0 Å². The van der Waals surface area contributed by atoms with E-state index in [1.807, 2.05) is 60.7 Å². The van der Waals surface area contributed by atoms with Crippen LogP contribution in [0, 0.1) is 11.6 Å². The number of rotatable bonds is 1. The highest BCUT2D eigenvalue weighted by Gasteiger charge is 2.26. The van der Waals surface area contributed by atoms with E-state index >= 15 is 0 Å². The highest BCUT2D eigenvalue weighted by molar-refractivity contribution is 6.06. The van der Waals surface area contributed by atoms with Gasteiger partial charge < -0.3 is 0 Å². The zero-order valence-electron chi connectivity index (χ0n) is 11.7. The maximum absolute atomic E-state index is 14.4. The van der Waals surface area contributed by atoms with E-state index in [0.29, 0.717) is 11.1 Å². The molecule has 0 fully saturated rings. The zero-order chi connectivity index (χ0) is 15.1. The van der Waals surface area contributed by atoms with Crippen molar-refractivity contribution in [1.82, 2.24) is 0 Å². The first kappa shape index (κ1) is 13.0. The summed E-state index contributed by atoms with van der Waals surface area (Å²) < 4.78 is 28.0. The second kappa shape index (κ2) is 4.92. The van der Waals surface area contributed by atoms with Gasteiger partial charge in [-0.2, -0.15) is 0 Å². The molecule has 2 heteroatoms. The highest BCUT2D eigenvalue weighted by Crippen LogP contribution is 2.46. The Morgan fingerprint density at radius 1 is 0.682 bits per heavy atom. The van der Waals surface area contributed by atoms with E-state index in [1.54, 1.807) is 0 Å². The summed E-state index contributed by atoms with van der Waals surface area (Å²) in [5, 5.41) is 0. The van der Waals surface area contributed by atoms with Gasteiger partial charge in [0.2, 0.25) is 0 Å². The first-order valence-electron chi connectivity index (χ1n) is 7.10. The van der Waals surface area contributed by atoms with E-state index < -0.39 is 11.6 Å². The lowest BCUT2D eigenvalue weighted by Crippen LogP contribution is -1.90. The minimum Gasteiger partial charge on any atom is -0.207 e. The Kier molecular flexibility index (Phi) is 2.90. The standard InChI is InChI=1S/C20H12F2/c21-14-11-18-16-9-5-4-8-15(16)17(20(18)19(22)12-14)10-13-6-2-1-3-7-13/h1-12H/b17-10-. The Morgan fingerprint density at radius 2 is 1.36 bits per heavy atom. The van der Waals surface area contributed by atoms with Crippen LogP contribution in [0.1, 0.15) is 16.7 Å². The molecule has 0 amide bonds. The molecule has 3 aromatic rings. The van der Waals surface area contributed by atoms with Crippen molar-refractivity contribution < 1.29 is 8.78 Å². The second-order valence-corrected chi connectivity index (χ2v) is 5.32. The molecule has 4 rings (SSSR count). The smallest absolute Gasteiger partial charge is 0.134 e. The monoisotopic (exact) mass is 290 g/mol. The molecule has 0 bridgehead atoms. The van der Waals surface area contributed by atoms with Crippen molar-refractivity contribution in [3.05, 3.63) is 95.1 Å². The molecular formula is C20H12F2. The first-order chi connectivity index (χ1) is 10.7. The van der Waals surface area contributed by atoms with Crippen LogP contribution < -0.4 is 0 Å². The van der Waals surface area contributed by atoms with Crippen LogP contribution in [0.15, 0.2) is 66.7 Å². The maximum atomic E-state index is 14.4. The number of halogens is 2. The fourth-order valence-electron chi connectivity index (χ4n) is 3.01.